The number of anilines is 2. The Morgan fingerprint density at radius 1 is 0.667 bits per heavy atom. The van der Waals surface area contributed by atoms with E-state index in [1.165, 1.54) is 35.7 Å². The molecule has 0 unspecified atom stereocenters. The van der Waals surface area contributed by atoms with Crippen molar-refractivity contribution in [1.29, 1.82) is 0 Å². The summed E-state index contributed by atoms with van der Waals surface area (Å²) in [6.07, 6.45) is 0. The predicted octanol–water partition coefficient (Wildman–Crippen LogP) is 4.83. The minimum atomic E-state index is -1.10. The zero-order valence-electron chi connectivity index (χ0n) is 15.9. The molecule has 0 aliphatic rings. The second kappa shape index (κ2) is 9.60. The van der Waals surface area contributed by atoms with Crippen molar-refractivity contribution in [3.63, 3.8) is 0 Å². The topological polar surface area (TPSA) is 127 Å². The number of rotatable bonds is 8. The van der Waals surface area contributed by atoms with Gasteiger partial charge in [0.2, 0.25) is 0 Å². The van der Waals surface area contributed by atoms with Crippen LogP contribution in [0, 0.1) is 0 Å². The van der Waals surface area contributed by atoms with E-state index >= 15 is 0 Å². The van der Waals surface area contributed by atoms with Crippen LogP contribution in [0.4, 0.5) is 11.4 Å². The van der Waals surface area contributed by atoms with Gasteiger partial charge < -0.3 is 21.7 Å². The lowest BCUT2D eigenvalue weighted by atomic mass is 9.98. The van der Waals surface area contributed by atoms with Crippen LogP contribution < -0.4 is 11.5 Å². The van der Waals surface area contributed by atoms with Gasteiger partial charge in [0.15, 0.2) is 0 Å². The number of para-hydroxylation sites is 2. The van der Waals surface area contributed by atoms with Crippen molar-refractivity contribution >= 4 is 46.8 Å². The number of hydrogen-bond acceptors (Lipinski definition) is 6. The molecule has 0 aliphatic heterocycles. The summed E-state index contributed by atoms with van der Waals surface area (Å²) >= 11 is 2.75. The highest BCUT2D eigenvalue weighted by atomic mass is 32.2. The lowest BCUT2D eigenvalue weighted by Gasteiger charge is -2.16. The van der Waals surface area contributed by atoms with Crippen molar-refractivity contribution in [1.82, 2.24) is 0 Å². The first-order valence-electron chi connectivity index (χ1n) is 8.94. The molecule has 154 valence electrons. The largest absolute Gasteiger partial charge is 0.478 e. The van der Waals surface area contributed by atoms with Gasteiger partial charge in [-0.1, -0.05) is 24.3 Å². The summed E-state index contributed by atoms with van der Waals surface area (Å²) in [4.78, 5) is 25.3. The Morgan fingerprint density at radius 3 is 1.37 bits per heavy atom. The molecule has 3 aromatic rings. The summed E-state index contributed by atoms with van der Waals surface area (Å²) in [6.45, 7) is 0. The fraction of sp³-hybridized carbons (Fsp3) is 0.0909. The number of carboxylic acid groups (broad SMARTS) is 2. The normalized spacial score (nSPS) is 10.7. The molecule has 0 fully saturated rings. The van der Waals surface area contributed by atoms with E-state index in [1.807, 2.05) is 36.4 Å². The molecule has 3 rings (SSSR count). The number of hydrogen-bond donors (Lipinski definition) is 4. The van der Waals surface area contributed by atoms with E-state index in [0.717, 1.165) is 9.79 Å². The molecule has 0 aromatic heterocycles. The zero-order valence-corrected chi connectivity index (χ0v) is 17.5. The Kier molecular flexibility index (Phi) is 6.91. The second-order valence-electron chi connectivity index (χ2n) is 6.38. The Balaban J connectivity index is 2.01. The van der Waals surface area contributed by atoms with Crippen LogP contribution in [-0.2, 0) is 11.5 Å². The van der Waals surface area contributed by atoms with Crippen molar-refractivity contribution in [3.05, 3.63) is 82.9 Å². The van der Waals surface area contributed by atoms with Crippen LogP contribution in [0.5, 0.6) is 0 Å². The molecule has 0 atom stereocenters. The molecular weight excluding hydrogens is 420 g/mol. The van der Waals surface area contributed by atoms with Gasteiger partial charge in [0.25, 0.3) is 0 Å². The second-order valence-corrected chi connectivity index (χ2v) is 8.42. The molecule has 0 saturated carbocycles. The number of benzene rings is 3. The lowest BCUT2D eigenvalue weighted by molar-refractivity contribution is 0.0679. The Morgan fingerprint density at radius 2 is 1.03 bits per heavy atom. The smallest absolute Gasteiger partial charge is 0.336 e. The summed E-state index contributed by atoms with van der Waals surface area (Å²) in [5.74, 6) is -1.66. The molecule has 0 radical (unpaired) electrons. The standard InChI is InChI=1S/C22H20N2O4S2/c23-17-5-1-3-7-19(17)29-11-15-13(21(25)26)9-10-14(22(27)28)16(15)12-30-20-8-4-2-6-18(20)24/h1-10H,11-12,23-24H2,(H,25,26)(H,27,28). The van der Waals surface area contributed by atoms with Gasteiger partial charge in [-0.3, -0.25) is 0 Å². The Bertz CT molecular complexity index is 1020. The number of nitrogen functional groups attached to an aromatic ring is 2. The minimum Gasteiger partial charge on any atom is -0.478 e. The average Bonchev–Trinajstić information content (AvgIpc) is 2.72. The fourth-order valence-corrected chi connectivity index (χ4v) is 5.03. The molecule has 3 aromatic carbocycles. The van der Waals surface area contributed by atoms with Crippen LogP contribution in [0.25, 0.3) is 0 Å². The molecule has 30 heavy (non-hydrogen) atoms. The van der Waals surface area contributed by atoms with Gasteiger partial charge in [0, 0.05) is 32.7 Å². The van der Waals surface area contributed by atoms with Crippen LogP contribution in [-0.4, -0.2) is 22.2 Å². The number of carboxylic acids is 2. The molecule has 6 N–H and O–H groups in total. The molecular formula is C22H20N2O4S2. The van der Waals surface area contributed by atoms with Gasteiger partial charge in [-0.05, 0) is 47.5 Å². The lowest BCUT2D eigenvalue weighted by Crippen LogP contribution is -2.11. The van der Waals surface area contributed by atoms with E-state index in [1.54, 1.807) is 12.1 Å². The van der Waals surface area contributed by atoms with Crippen LogP contribution >= 0.6 is 23.5 Å². The summed E-state index contributed by atoms with van der Waals surface area (Å²) in [5.41, 5.74) is 14.3. The highest BCUT2D eigenvalue weighted by Crippen LogP contribution is 2.35. The first kappa shape index (κ1) is 21.6. The zero-order chi connectivity index (χ0) is 21.7. The highest BCUT2D eigenvalue weighted by molar-refractivity contribution is 7.99. The number of thioether (sulfide) groups is 2. The van der Waals surface area contributed by atoms with Crippen LogP contribution in [0.15, 0.2) is 70.5 Å². The SMILES string of the molecule is Nc1ccccc1SCc1c(C(=O)O)ccc(C(=O)O)c1CSc1ccccc1N. The quantitative estimate of drug-likeness (QED) is 0.290. The first-order chi connectivity index (χ1) is 14.4. The summed E-state index contributed by atoms with van der Waals surface area (Å²) in [7, 11) is 0. The number of aromatic carboxylic acids is 2. The van der Waals surface area contributed by atoms with E-state index in [2.05, 4.69) is 0 Å². The van der Waals surface area contributed by atoms with Gasteiger partial charge in [-0.15, -0.1) is 23.5 Å². The Hall–Kier alpha value is -3.10. The van der Waals surface area contributed by atoms with E-state index in [9.17, 15) is 19.8 Å². The van der Waals surface area contributed by atoms with Crippen molar-refractivity contribution in [2.24, 2.45) is 0 Å². The fourth-order valence-electron chi connectivity index (χ4n) is 2.95. The molecule has 0 spiro atoms. The minimum absolute atomic E-state index is 0.0821. The highest BCUT2D eigenvalue weighted by Gasteiger charge is 2.21. The maximum absolute atomic E-state index is 11.9. The molecule has 8 heteroatoms. The molecule has 0 heterocycles. The van der Waals surface area contributed by atoms with Gasteiger partial charge in [0.1, 0.15) is 0 Å². The van der Waals surface area contributed by atoms with Gasteiger partial charge in [-0.2, -0.15) is 0 Å². The summed E-state index contributed by atoms with van der Waals surface area (Å²) in [5, 5.41) is 19.4. The van der Waals surface area contributed by atoms with Crippen molar-refractivity contribution < 1.29 is 19.8 Å². The third-order valence-corrected chi connectivity index (χ3v) is 6.71. The van der Waals surface area contributed by atoms with Crippen molar-refractivity contribution in [2.75, 3.05) is 11.5 Å². The molecule has 0 saturated heterocycles. The average molecular weight is 441 g/mol. The van der Waals surface area contributed by atoms with Gasteiger partial charge in [0.05, 0.1) is 11.1 Å². The van der Waals surface area contributed by atoms with Crippen molar-refractivity contribution in [3.8, 4) is 0 Å². The third-order valence-electron chi connectivity index (χ3n) is 4.47. The van der Waals surface area contributed by atoms with E-state index < -0.39 is 11.9 Å². The van der Waals surface area contributed by atoms with Crippen molar-refractivity contribution in [2.45, 2.75) is 21.3 Å². The Labute approximate surface area is 182 Å². The summed E-state index contributed by atoms with van der Waals surface area (Å²) in [6, 6.07) is 17.3. The van der Waals surface area contributed by atoms with Crippen LogP contribution in [0.2, 0.25) is 0 Å². The van der Waals surface area contributed by atoms with Gasteiger partial charge >= 0.3 is 11.9 Å². The third kappa shape index (κ3) is 4.90. The predicted molar refractivity (Wildman–Crippen MR) is 121 cm³/mol. The van der Waals surface area contributed by atoms with E-state index in [-0.39, 0.29) is 22.6 Å². The van der Waals surface area contributed by atoms with E-state index in [0.29, 0.717) is 22.5 Å². The number of carbonyl (C=O) groups is 2. The van der Waals surface area contributed by atoms with Gasteiger partial charge in [-0.25, -0.2) is 9.59 Å². The monoisotopic (exact) mass is 440 g/mol. The molecule has 0 amide bonds. The maximum atomic E-state index is 11.9. The van der Waals surface area contributed by atoms with E-state index in [4.69, 9.17) is 11.5 Å². The van der Waals surface area contributed by atoms with Crippen LogP contribution in [0.3, 0.4) is 0 Å². The maximum Gasteiger partial charge on any atom is 0.336 e. The van der Waals surface area contributed by atoms with Crippen LogP contribution in [0.1, 0.15) is 31.8 Å². The summed E-state index contributed by atoms with van der Waals surface area (Å²) < 4.78 is 0. The molecule has 0 aliphatic carbocycles. The molecule has 6 nitrogen and oxygen atoms in total. The molecule has 0 bridgehead atoms. The first-order valence-corrected chi connectivity index (χ1v) is 10.9. The number of nitrogens with two attached hydrogens (primary N) is 2.